The van der Waals surface area contributed by atoms with E-state index in [1.165, 1.54) is 37.3 Å². The average Bonchev–Trinajstić information content (AvgIpc) is 2.73. The highest BCUT2D eigenvalue weighted by Crippen LogP contribution is 2.41. The molecule has 0 aliphatic carbocycles. The summed E-state index contributed by atoms with van der Waals surface area (Å²) in [5.41, 5.74) is -4.91. The van der Waals surface area contributed by atoms with Crippen LogP contribution >= 0.6 is 0 Å². The van der Waals surface area contributed by atoms with Crippen molar-refractivity contribution in [2.75, 3.05) is 0 Å². The fourth-order valence-corrected chi connectivity index (χ4v) is 3.13. The van der Waals surface area contributed by atoms with E-state index in [2.05, 4.69) is 10.4 Å². The molecule has 33 heavy (non-hydrogen) atoms. The number of aromatic nitrogens is 2. The number of carbonyl (C=O) groups is 1. The Morgan fingerprint density at radius 3 is 2.36 bits per heavy atom. The third-order valence-corrected chi connectivity index (χ3v) is 5.06. The number of nitrogens with zero attached hydrogens (tertiary/aromatic N) is 2. The number of halogens is 4. The van der Waals surface area contributed by atoms with Gasteiger partial charge in [-0.3, -0.25) is 9.59 Å². The maximum absolute atomic E-state index is 14.9. The number of hydrogen-bond acceptors (Lipinski definition) is 4. The Morgan fingerprint density at radius 2 is 1.73 bits per heavy atom. The van der Waals surface area contributed by atoms with Crippen molar-refractivity contribution >= 4 is 5.91 Å². The molecule has 2 N–H and O–H groups in total. The fraction of sp³-hybridized carbons (Fsp3) is 0.261. The summed E-state index contributed by atoms with van der Waals surface area (Å²) < 4.78 is 58.7. The zero-order valence-electron chi connectivity index (χ0n) is 17.9. The first-order valence-corrected chi connectivity index (χ1v) is 9.90. The molecule has 0 spiro atoms. The number of alkyl halides is 2. The number of benzene rings is 2. The Hall–Kier alpha value is -3.53. The molecule has 0 saturated carbocycles. The topological polar surface area (TPSA) is 84.2 Å². The maximum atomic E-state index is 14.9. The molecule has 0 fully saturated rings. The predicted molar refractivity (Wildman–Crippen MR) is 112 cm³/mol. The van der Waals surface area contributed by atoms with Crippen LogP contribution in [0.1, 0.15) is 48.4 Å². The number of carbonyl (C=O) groups excluding carboxylic acids is 1. The average molecular weight is 463 g/mol. The van der Waals surface area contributed by atoms with Gasteiger partial charge in [-0.1, -0.05) is 24.3 Å². The van der Waals surface area contributed by atoms with Gasteiger partial charge in [0.15, 0.2) is 0 Å². The van der Waals surface area contributed by atoms with Crippen LogP contribution in [0.15, 0.2) is 59.4 Å². The predicted octanol–water partition coefficient (Wildman–Crippen LogP) is 3.86. The molecule has 10 heteroatoms. The molecular weight excluding hydrogens is 442 g/mol. The minimum absolute atomic E-state index is 0.169. The highest BCUT2D eigenvalue weighted by atomic mass is 19.3. The van der Waals surface area contributed by atoms with Crippen LogP contribution in [-0.2, 0) is 5.92 Å². The number of amides is 1. The smallest absolute Gasteiger partial charge is 0.303 e. The van der Waals surface area contributed by atoms with Crippen molar-refractivity contribution in [1.82, 2.24) is 15.1 Å². The third kappa shape index (κ3) is 4.65. The SMILES string of the molecule is C[C@@H](NC(=O)c1ccc(=O)n(-c2ccccc2F)n1)c1cccc(C(F)(F)C(C)(C)O)c1F. The van der Waals surface area contributed by atoms with Crippen LogP contribution in [0, 0.1) is 11.6 Å². The summed E-state index contributed by atoms with van der Waals surface area (Å²) in [4.78, 5) is 24.8. The van der Waals surface area contributed by atoms with Crippen molar-refractivity contribution in [3.05, 3.63) is 93.4 Å². The molecule has 1 amide bonds. The van der Waals surface area contributed by atoms with E-state index in [0.717, 1.165) is 38.1 Å². The van der Waals surface area contributed by atoms with Crippen LogP contribution in [0.5, 0.6) is 0 Å². The highest BCUT2D eigenvalue weighted by molar-refractivity contribution is 5.92. The largest absolute Gasteiger partial charge is 0.384 e. The second-order valence-corrected chi connectivity index (χ2v) is 7.96. The first-order valence-electron chi connectivity index (χ1n) is 9.90. The lowest BCUT2D eigenvalue weighted by molar-refractivity contribution is -0.170. The van der Waals surface area contributed by atoms with Crippen molar-refractivity contribution in [1.29, 1.82) is 0 Å². The number of rotatable bonds is 6. The molecule has 1 atom stereocenters. The van der Waals surface area contributed by atoms with Crippen LogP contribution in [0.2, 0.25) is 0 Å². The Bertz CT molecular complexity index is 1250. The van der Waals surface area contributed by atoms with Gasteiger partial charge in [-0.15, -0.1) is 0 Å². The van der Waals surface area contributed by atoms with Crippen LogP contribution in [-0.4, -0.2) is 26.4 Å². The summed E-state index contributed by atoms with van der Waals surface area (Å²) in [6.07, 6.45) is 0. The van der Waals surface area contributed by atoms with Gasteiger partial charge in [0, 0.05) is 11.6 Å². The summed E-state index contributed by atoms with van der Waals surface area (Å²) in [5, 5.41) is 16.1. The van der Waals surface area contributed by atoms with E-state index in [1.54, 1.807) is 0 Å². The van der Waals surface area contributed by atoms with Gasteiger partial charge >= 0.3 is 5.92 Å². The van der Waals surface area contributed by atoms with Crippen molar-refractivity contribution in [3.8, 4) is 5.69 Å². The first kappa shape index (κ1) is 24.1. The molecule has 0 unspecified atom stereocenters. The van der Waals surface area contributed by atoms with Gasteiger partial charge in [-0.25, -0.2) is 8.78 Å². The van der Waals surface area contributed by atoms with Crippen molar-refractivity contribution in [3.63, 3.8) is 0 Å². The maximum Gasteiger partial charge on any atom is 0.303 e. The summed E-state index contributed by atoms with van der Waals surface area (Å²) in [7, 11) is 0. The highest BCUT2D eigenvalue weighted by Gasteiger charge is 2.49. The molecule has 0 bridgehead atoms. The van der Waals surface area contributed by atoms with E-state index in [1.807, 2.05) is 0 Å². The second kappa shape index (κ2) is 8.78. The zero-order chi connectivity index (χ0) is 24.6. The van der Waals surface area contributed by atoms with E-state index in [-0.39, 0.29) is 16.9 Å². The van der Waals surface area contributed by atoms with Gasteiger partial charge in [-0.2, -0.15) is 18.6 Å². The van der Waals surface area contributed by atoms with Gasteiger partial charge < -0.3 is 10.4 Å². The lowest BCUT2D eigenvalue weighted by atomic mass is 9.91. The van der Waals surface area contributed by atoms with Gasteiger partial charge in [0.2, 0.25) is 0 Å². The van der Waals surface area contributed by atoms with E-state index in [0.29, 0.717) is 4.68 Å². The molecular formula is C23H21F4N3O3. The monoisotopic (exact) mass is 463 g/mol. The lowest BCUT2D eigenvalue weighted by Crippen LogP contribution is -2.41. The van der Waals surface area contributed by atoms with Gasteiger partial charge in [-0.05, 0) is 45.0 Å². The van der Waals surface area contributed by atoms with Gasteiger partial charge in [0.1, 0.15) is 28.6 Å². The van der Waals surface area contributed by atoms with Crippen LogP contribution in [0.25, 0.3) is 5.69 Å². The quantitative estimate of drug-likeness (QED) is 0.544. The van der Waals surface area contributed by atoms with E-state index in [4.69, 9.17) is 0 Å². The van der Waals surface area contributed by atoms with Crippen molar-refractivity contribution in [2.45, 2.75) is 38.3 Å². The molecule has 6 nitrogen and oxygen atoms in total. The number of hydrogen-bond donors (Lipinski definition) is 2. The Balaban J connectivity index is 1.91. The van der Waals surface area contributed by atoms with E-state index < -0.39 is 46.2 Å². The van der Waals surface area contributed by atoms with Crippen LogP contribution < -0.4 is 10.9 Å². The Morgan fingerprint density at radius 1 is 1.06 bits per heavy atom. The van der Waals surface area contributed by atoms with E-state index in [9.17, 15) is 32.3 Å². The molecule has 3 rings (SSSR count). The van der Waals surface area contributed by atoms with E-state index >= 15 is 0 Å². The molecule has 0 aliphatic rings. The fourth-order valence-electron chi connectivity index (χ4n) is 3.13. The molecule has 1 aromatic heterocycles. The van der Waals surface area contributed by atoms with Crippen molar-refractivity contribution in [2.24, 2.45) is 0 Å². The third-order valence-electron chi connectivity index (χ3n) is 5.06. The standard InChI is InChI=1S/C23H21F4N3O3/c1-13(14-7-6-8-15(20(14)25)23(26,27)22(2,3)33)28-21(32)17-11-12-19(31)30(29-17)18-10-5-4-9-16(18)24/h4-13,33H,1-3H3,(H,28,32)/t13-/m1/s1. The zero-order valence-corrected chi connectivity index (χ0v) is 17.9. The summed E-state index contributed by atoms with van der Waals surface area (Å²) in [6, 6.07) is 9.65. The molecule has 0 saturated heterocycles. The molecule has 0 aliphatic heterocycles. The van der Waals surface area contributed by atoms with Crippen LogP contribution in [0.3, 0.4) is 0 Å². The second-order valence-electron chi connectivity index (χ2n) is 7.96. The number of aliphatic hydroxyl groups is 1. The molecule has 3 aromatic rings. The summed E-state index contributed by atoms with van der Waals surface area (Å²) in [6.45, 7) is 3.09. The summed E-state index contributed by atoms with van der Waals surface area (Å²) >= 11 is 0. The lowest BCUT2D eigenvalue weighted by Gasteiger charge is -2.30. The number of para-hydroxylation sites is 1. The molecule has 0 radical (unpaired) electrons. The minimum atomic E-state index is -3.90. The molecule has 1 heterocycles. The summed E-state index contributed by atoms with van der Waals surface area (Å²) in [5.74, 6) is -6.74. The number of nitrogens with one attached hydrogen (secondary N) is 1. The van der Waals surface area contributed by atoms with Gasteiger partial charge in [0.05, 0.1) is 11.6 Å². The van der Waals surface area contributed by atoms with Gasteiger partial charge in [0.25, 0.3) is 11.5 Å². The Labute approximate surface area is 186 Å². The molecule has 174 valence electrons. The van der Waals surface area contributed by atoms with Crippen LogP contribution in [0.4, 0.5) is 17.6 Å². The first-order chi connectivity index (χ1) is 15.3. The Kier molecular flexibility index (Phi) is 6.42. The normalized spacial score (nSPS) is 13.0. The molecule has 2 aromatic carbocycles. The van der Waals surface area contributed by atoms with Crippen molar-refractivity contribution < 1.29 is 27.5 Å². The minimum Gasteiger partial charge on any atom is -0.384 e.